The van der Waals surface area contributed by atoms with Crippen molar-refractivity contribution in [3.8, 4) is 0 Å². The molecule has 64 heavy (non-hydrogen) atoms. The molecule has 8 nitrogen and oxygen atoms in total. The number of carbonyl (C=O) groups is 1. The Morgan fingerprint density at radius 2 is 0.859 bits per heavy atom. The fourth-order valence-electron chi connectivity index (χ4n) is 7.99. The highest BCUT2D eigenvalue weighted by Gasteiger charge is 2.20. The minimum absolute atomic E-state index is 0.0277. The zero-order chi connectivity index (χ0) is 46.9. The van der Waals surface area contributed by atoms with E-state index in [-0.39, 0.29) is 25.8 Å². The summed E-state index contributed by atoms with van der Waals surface area (Å²) >= 11 is 0. The van der Waals surface area contributed by atoms with Crippen LogP contribution in [0.25, 0.3) is 0 Å². The van der Waals surface area contributed by atoms with Gasteiger partial charge in [0, 0.05) is 13.0 Å². The van der Waals surface area contributed by atoms with Gasteiger partial charge >= 0.3 is 5.97 Å². The van der Waals surface area contributed by atoms with Gasteiger partial charge in [0.2, 0.25) is 0 Å². The molecule has 0 bridgehead atoms. The smallest absolute Gasteiger partial charge is 0.306 e. The van der Waals surface area contributed by atoms with Crippen LogP contribution in [0.2, 0.25) is 0 Å². The number of ether oxygens (including phenoxy) is 2. The summed E-state index contributed by atoms with van der Waals surface area (Å²) in [6.45, 7) is 5.44. The fourth-order valence-corrected chi connectivity index (χ4v) is 8.72. The number of likely N-dealkylation sites (N-methyl/N-ethyl adjacent to an activating group) is 1. The molecule has 0 aromatic heterocycles. The topological polar surface area (TPSA) is 94.1 Å². The van der Waals surface area contributed by atoms with E-state index in [9.17, 15) is 14.3 Å². The zero-order valence-corrected chi connectivity index (χ0v) is 44.1. The van der Waals surface area contributed by atoms with E-state index in [0.29, 0.717) is 24.1 Å². The van der Waals surface area contributed by atoms with Gasteiger partial charge in [-0.1, -0.05) is 237 Å². The van der Waals surface area contributed by atoms with E-state index in [1.165, 1.54) is 205 Å². The first-order valence-electron chi connectivity index (χ1n) is 27.6. The summed E-state index contributed by atoms with van der Waals surface area (Å²) in [6, 6.07) is 0. The number of carbonyl (C=O) groups excluding carboxylic acids is 1. The molecule has 0 spiro atoms. The third-order valence-electron chi connectivity index (χ3n) is 12.3. The maximum atomic E-state index is 12.8. The number of unbranched alkanes of at least 4 members (excludes halogenated alkanes) is 34. The second kappa shape index (κ2) is 48.4. The van der Waals surface area contributed by atoms with Crippen LogP contribution in [0, 0.1) is 0 Å². The average molecular weight is 926 g/mol. The van der Waals surface area contributed by atoms with Crippen LogP contribution in [0.15, 0.2) is 24.3 Å². The fraction of sp³-hybridized carbons (Fsp3) is 0.909. The predicted octanol–water partition coefficient (Wildman–Crippen LogP) is 16.5. The van der Waals surface area contributed by atoms with E-state index in [1.54, 1.807) is 0 Å². The van der Waals surface area contributed by atoms with Gasteiger partial charge in [0.25, 0.3) is 7.82 Å². The van der Waals surface area contributed by atoms with Gasteiger partial charge in [-0.2, -0.15) is 0 Å². The monoisotopic (exact) mass is 926 g/mol. The van der Waals surface area contributed by atoms with Gasteiger partial charge in [0.15, 0.2) is 0 Å². The van der Waals surface area contributed by atoms with E-state index in [2.05, 4.69) is 38.2 Å². The second-order valence-corrected chi connectivity index (χ2v) is 21.4. The van der Waals surface area contributed by atoms with E-state index >= 15 is 0 Å². The Morgan fingerprint density at radius 1 is 0.484 bits per heavy atom. The van der Waals surface area contributed by atoms with Gasteiger partial charge in [-0.3, -0.25) is 9.36 Å². The van der Waals surface area contributed by atoms with Crippen LogP contribution in [0.4, 0.5) is 0 Å². The highest BCUT2D eigenvalue weighted by molar-refractivity contribution is 7.45. The van der Waals surface area contributed by atoms with Crippen molar-refractivity contribution in [3.63, 3.8) is 0 Å². The van der Waals surface area contributed by atoms with Crippen LogP contribution >= 0.6 is 7.82 Å². The summed E-state index contributed by atoms with van der Waals surface area (Å²) in [5.41, 5.74) is 0. The Morgan fingerprint density at radius 3 is 1.30 bits per heavy atom. The van der Waals surface area contributed by atoms with Gasteiger partial charge in [0.05, 0.1) is 34.4 Å². The highest BCUT2D eigenvalue weighted by Crippen LogP contribution is 2.38. The maximum absolute atomic E-state index is 12.8. The predicted molar refractivity (Wildman–Crippen MR) is 273 cm³/mol. The molecule has 0 saturated heterocycles. The summed E-state index contributed by atoms with van der Waals surface area (Å²) in [5.74, 6) is -0.333. The summed E-state index contributed by atoms with van der Waals surface area (Å²) in [5, 5.41) is 0. The van der Waals surface area contributed by atoms with Crippen LogP contribution in [0.3, 0.4) is 0 Å². The van der Waals surface area contributed by atoms with Gasteiger partial charge < -0.3 is 27.9 Å². The molecule has 0 amide bonds. The maximum Gasteiger partial charge on any atom is 0.306 e. The van der Waals surface area contributed by atoms with Crippen LogP contribution in [0.1, 0.15) is 264 Å². The molecule has 0 aliphatic rings. The van der Waals surface area contributed by atoms with Crippen molar-refractivity contribution in [2.75, 3.05) is 54.1 Å². The Hall–Kier alpha value is -1.02. The van der Waals surface area contributed by atoms with Crippen molar-refractivity contribution in [1.82, 2.24) is 0 Å². The van der Waals surface area contributed by atoms with Crippen molar-refractivity contribution < 1.29 is 37.3 Å². The van der Waals surface area contributed by atoms with Gasteiger partial charge in [0.1, 0.15) is 19.3 Å². The number of rotatable bonds is 52. The van der Waals surface area contributed by atoms with Crippen molar-refractivity contribution in [2.45, 2.75) is 270 Å². The van der Waals surface area contributed by atoms with Crippen molar-refractivity contribution in [1.29, 1.82) is 0 Å². The van der Waals surface area contributed by atoms with Crippen molar-refractivity contribution >= 4 is 13.8 Å². The summed E-state index contributed by atoms with van der Waals surface area (Å²) in [4.78, 5) is 25.2. The first kappa shape index (κ1) is 63.0. The molecule has 0 rings (SSSR count). The second-order valence-electron chi connectivity index (χ2n) is 20.0. The minimum Gasteiger partial charge on any atom is -0.756 e. The Labute approximate surface area is 398 Å². The summed E-state index contributed by atoms with van der Waals surface area (Å²) in [6.07, 6.45) is 57.8. The quantitative estimate of drug-likeness (QED) is 0.0197. The molecule has 0 N–H and O–H groups in total. The number of hydrogen-bond acceptors (Lipinski definition) is 7. The van der Waals surface area contributed by atoms with Gasteiger partial charge in [-0.25, -0.2) is 0 Å². The molecule has 0 aromatic carbocycles. The van der Waals surface area contributed by atoms with Crippen LogP contribution in [-0.4, -0.2) is 70.7 Å². The SMILES string of the molecule is CCCCC/C=C\C/C=C\CCCCCCCCCCCC(=O)OC(COCCCCCCCCCCCCCCCCCCCCCCCCC)COP(=O)([O-])OCC[N+](C)(C)C. The standard InChI is InChI=1S/C55H108NO7P/c1-6-8-10-12-14-16-18-20-22-24-26-27-28-29-31-33-35-37-39-41-43-45-47-50-60-52-54(53-62-64(58,59)61-51-49-56(3,4)5)63-55(57)48-46-44-42-40-38-36-34-32-30-25-23-21-19-17-15-13-11-9-7-2/h15,17,21,23,54H,6-14,16,18-20,22,24-53H2,1-5H3/b17-15-,23-21-. The minimum atomic E-state index is -4.53. The zero-order valence-electron chi connectivity index (χ0n) is 43.3. The number of esters is 1. The third kappa shape index (κ3) is 52.0. The molecule has 0 aromatic rings. The van der Waals surface area contributed by atoms with E-state index in [1.807, 2.05) is 21.1 Å². The molecule has 2 atom stereocenters. The molecule has 380 valence electrons. The Kier molecular flexibility index (Phi) is 47.7. The normalized spacial score (nSPS) is 13.7. The first-order valence-corrected chi connectivity index (χ1v) is 29.0. The van der Waals surface area contributed by atoms with Crippen molar-refractivity contribution in [2.24, 2.45) is 0 Å². The number of allylic oxidation sites excluding steroid dienone is 4. The van der Waals surface area contributed by atoms with Crippen molar-refractivity contribution in [3.05, 3.63) is 24.3 Å². The molecule has 0 saturated carbocycles. The molecule has 0 aliphatic carbocycles. The van der Waals surface area contributed by atoms with Gasteiger partial charge in [-0.05, 0) is 44.9 Å². The Bertz CT molecular complexity index is 1080. The lowest BCUT2D eigenvalue weighted by atomic mass is 10.0. The van der Waals surface area contributed by atoms with Crippen LogP contribution in [0.5, 0.6) is 0 Å². The summed E-state index contributed by atoms with van der Waals surface area (Å²) in [7, 11) is 1.37. The Balaban J connectivity index is 4.06. The molecule has 0 fully saturated rings. The molecular formula is C55H108NO7P. The largest absolute Gasteiger partial charge is 0.756 e. The number of quaternary nitrogens is 1. The van der Waals surface area contributed by atoms with Crippen LogP contribution < -0.4 is 4.89 Å². The highest BCUT2D eigenvalue weighted by atomic mass is 31.2. The van der Waals surface area contributed by atoms with Gasteiger partial charge in [-0.15, -0.1) is 0 Å². The van der Waals surface area contributed by atoms with Crippen LogP contribution in [-0.2, 0) is 27.9 Å². The van der Waals surface area contributed by atoms with E-state index in [0.717, 1.165) is 38.5 Å². The molecule has 0 heterocycles. The molecule has 9 heteroatoms. The lowest BCUT2D eigenvalue weighted by Gasteiger charge is -2.28. The molecule has 0 radical (unpaired) electrons. The lowest BCUT2D eigenvalue weighted by Crippen LogP contribution is -2.37. The molecular weight excluding hydrogens is 818 g/mol. The molecule has 2 unspecified atom stereocenters. The lowest BCUT2D eigenvalue weighted by molar-refractivity contribution is -0.870. The average Bonchev–Trinajstić information content (AvgIpc) is 3.25. The molecule has 0 aliphatic heterocycles. The number of hydrogen-bond donors (Lipinski definition) is 0. The van der Waals surface area contributed by atoms with E-state index in [4.69, 9.17) is 18.5 Å². The van der Waals surface area contributed by atoms with E-state index < -0.39 is 13.9 Å². The first-order chi connectivity index (χ1) is 31.1. The third-order valence-corrected chi connectivity index (χ3v) is 13.2. The number of phosphoric acid groups is 1. The summed E-state index contributed by atoms with van der Waals surface area (Å²) < 4.78 is 34.8. The number of phosphoric ester groups is 1. The number of nitrogens with zero attached hydrogens (tertiary/aromatic N) is 1.